The normalized spacial score (nSPS) is 16.3. The number of rotatable bonds is 9. The SMILES string of the molecule is CCNC(=NCc1ccc(C)cc1OCC1CCOC1)NCCc1cn2cccc(C)c2n1. The summed E-state index contributed by atoms with van der Waals surface area (Å²) in [5, 5.41) is 6.78. The Bertz CT molecular complexity index is 1090. The van der Waals surface area contributed by atoms with E-state index in [1.165, 1.54) is 11.1 Å². The van der Waals surface area contributed by atoms with Gasteiger partial charge in [-0.2, -0.15) is 0 Å². The van der Waals surface area contributed by atoms with Crippen molar-refractivity contribution in [1.29, 1.82) is 0 Å². The van der Waals surface area contributed by atoms with Crippen molar-refractivity contribution in [2.45, 2.75) is 40.2 Å². The topological polar surface area (TPSA) is 72.2 Å². The number of hydrogen-bond acceptors (Lipinski definition) is 4. The summed E-state index contributed by atoms with van der Waals surface area (Å²) >= 11 is 0. The highest BCUT2D eigenvalue weighted by Gasteiger charge is 2.17. The molecule has 176 valence electrons. The first-order chi connectivity index (χ1) is 16.1. The molecule has 1 aromatic carbocycles. The van der Waals surface area contributed by atoms with Crippen LogP contribution in [0.25, 0.3) is 5.65 Å². The van der Waals surface area contributed by atoms with Crippen LogP contribution in [0.1, 0.15) is 35.7 Å². The lowest BCUT2D eigenvalue weighted by Crippen LogP contribution is -2.38. The summed E-state index contributed by atoms with van der Waals surface area (Å²) in [6.45, 7) is 10.7. The Kier molecular flexibility index (Phi) is 7.83. The third kappa shape index (κ3) is 6.26. The summed E-state index contributed by atoms with van der Waals surface area (Å²) < 4.78 is 13.7. The second-order valence-corrected chi connectivity index (χ2v) is 8.68. The van der Waals surface area contributed by atoms with Crippen LogP contribution in [0.4, 0.5) is 0 Å². The lowest BCUT2D eigenvalue weighted by Gasteiger charge is -2.15. The van der Waals surface area contributed by atoms with Gasteiger partial charge in [-0.15, -0.1) is 0 Å². The van der Waals surface area contributed by atoms with Crippen LogP contribution in [-0.4, -0.2) is 48.3 Å². The minimum atomic E-state index is 0.476. The summed E-state index contributed by atoms with van der Waals surface area (Å²) in [6.07, 6.45) is 6.03. The van der Waals surface area contributed by atoms with Gasteiger partial charge in [-0.3, -0.25) is 0 Å². The number of aromatic nitrogens is 2. The zero-order valence-corrected chi connectivity index (χ0v) is 19.9. The predicted molar refractivity (Wildman–Crippen MR) is 132 cm³/mol. The third-order valence-corrected chi connectivity index (χ3v) is 5.87. The van der Waals surface area contributed by atoms with Gasteiger partial charge in [0.1, 0.15) is 11.4 Å². The van der Waals surface area contributed by atoms with Crippen molar-refractivity contribution in [2.75, 3.05) is 32.9 Å². The van der Waals surface area contributed by atoms with E-state index >= 15 is 0 Å². The zero-order chi connectivity index (χ0) is 23.0. The molecule has 0 amide bonds. The molecule has 1 atom stereocenters. The van der Waals surface area contributed by atoms with Crippen molar-refractivity contribution in [3.05, 3.63) is 65.1 Å². The number of hydrogen-bond donors (Lipinski definition) is 2. The van der Waals surface area contributed by atoms with Crippen LogP contribution in [0.15, 0.2) is 47.7 Å². The maximum absolute atomic E-state index is 6.17. The van der Waals surface area contributed by atoms with Crippen molar-refractivity contribution in [1.82, 2.24) is 20.0 Å². The molecule has 1 fully saturated rings. The monoisotopic (exact) mass is 449 g/mol. The molecule has 1 aliphatic heterocycles. The van der Waals surface area contributed by atoms with Crippen molar-refractivity contribution >= 4 is 11.6 Å². The third-order valence-electron chi connectivity index (χ3n) is 5.87. The zero-order valence-electron chi connectivity index (χ0n) is 19.9. The maximum Gasteiger partial charge on any atom is 0.191 e. The fourth-order valence-electron chi connectivity index (χ4n) is 3.99. The van der Waals surface area contributed by atoms with E-state index in [0.717, 1.165) is 67.8 Å². The quantitative estimate of drug-likeness (QED) is 0.385. The van der Waals surface area contributed by atoms with Crippen LogP contribution < -0.4 is 15.4 Å². The summed E-state index contributed by atoms with van der Waals surface area (Å²) in [5.41, 5.74) is 5.55. The van der Waals surface area contributed by atoms with Gasteiger partial charge in [0.05, 0.1) is 25.5 Å². The smallest absolute Gasteiger partial charge is 0.191 e. The fraction of sp³-hybridized carbons (Fsp3) is 0.462. The molecule has 1 aliphatic rings. The molecular weight excluding hydrogens is 414 g/mol. The van der Waals surface area contributed by atoms with E-state index in [1.807, 2.05) is 12.3 Å². The molecule has 3 heterocycles. The van der Waals surface area contributed by atoms with Gasteiger partial charge in [-0.05, 0) is 50.5 Å². The van der Waals surface area contributed by atoms with Gasteiger partial charge >= 0.3 is 0 Å². The van der Waals surface area contributed by atoms with Gasteiger partial charge in [0.2, 0.25) is 0 Å². The number of nitrogens with zero attached hydrogens (tertiary/aromatic N) is 3. The first-order valence-corrected chi connectivity index (χ1v) is 11.9. The number of fused-ring (bicyclic) bond motifs is 1. The van der Waals surface area contributed by atoms with Gasteiger partial charge in [0.15, 0.2) is 5.96 Å². The highest BCUT2D eigenvalue weighted by atomic mass is 16.5. The van der Waals surface area contributed by atoms with Crippen molar-refractivity contribution in [3.63, 3.8) is 0 Å². The summed E-state index contributed by atoms with van der Waals surface area (Å²) in [6, 6.07) is 10.5. The van der Waals surface area contributed by atoms with E-state index in [-0.39, 0.29) is 0 Å². The standard InChI is InChI=1S/C26H35N5O2/c1-4-27-26(28-11-9-23-16-31-12-5-6-20(3)25(31)30-23)29-15-22-8-7-19(2)14-24(22)33-18-21-10-13-32-17-21/h5-8,12,14,16,21H,4,9-11,13,15,17-18H2,1-3H3,(H2,27,28,29). The first-order valence-electron chi connectivity index (χ1n) is 11.9. The molecule has 0 aliphatic carbocycles. The van der Waals surface area contributed by atoms with E-state index in [1.54, 1.807) is 0 Å². The van der Waals surface area contributed by atoms with E-state index in [4.69, 9.17) is 19.5 Å². The van der Waals surface area contributed by atoms with Crippen LogP contribution in [0, 0.1) is 19.8 Å². The van der Waals surface area contributed by atoms with Crippen molar-refractivity contribution in [2.24, 2.45) is 10.9 Å². The Hall–Kier alpha value is -3.06. The minimum absolute atomic E-state index is 0.476. The molecule has 4 rings (SSSR count). The van der Waals surface area contributed by atoms with Crippen LogP contribution in [0.3, 0.4) is 0 Å². The highest BCUT2D eigenvalue weighted by molar-refractivity contribution is 5.79. The first kappa shape index (κ1) is 23.1. The van der Waals surface area contributed by atoms with Crippen molar-refractivity contribution in [3.8, 4) is 5.75 Å². The minimum Gasteiger partial charge on any atom is -0.493 e. The molecule has 7 heteroatoms. The molecule has 1 saturated heterocycles. The van der Waals surface area contributed by atoms with Crippen LogP contribution in [0.2, 0.25) is 0 Å². The second kappa shape index (κ2) is 11.2. The van der Waals surface area contributed by atoms with E-state index in [2.05, 4.69) is 66.3 Å². The lowest BCUT2D eigenvalue weighted by molar-refractivity contribution is 0.166. The van der Waals surface area contributed by atoms with E-state index in [9.17, 15) is 0 Å². The van der Waals surface area contributed by atoms with E-state index in [0.29, 0.717) is 19.1 Å². The maximum atomic E-state index is 6.17. The molecule has 0 spiro atoms. The van der Waals surface area contributed by atoms with Crippen LogP contribution in [0.5, 0.6) is 5.75 Å². The second-order valence-electron chi connectivity index (χ2n) is 8.68. The molecule has 33 heavy (non-hydrogen) atoms. The number of benzene rings is 1. The predicted octanol–water partition coefficient (Wildman–Crippen LogP) is 3.66. The summed E-state index contributed by atoms with van der Waals surface area (Å²) in [7, 11) is 0. The molecular formula is C26H35N5O2. The Morgan fingerprint density at radius 1 is 1.27 bits per heavy atom. The highest BCUT2D eigenvalue weighted by Crippen LogP contribution is 2.23. The van der Waals surface area contributed by atoms with Gasteiger partial charge in [0, 0.05) is 50.0 Å². The Labute approximate surface area is 196 Å². The molecule has 2 N–H and O–H groups in total. The Morgan fingerprint density at radius 3 is 2.97 bits per heavy atom. The lowest BCUT2D eigenvalue weighted by atomic mass is 10.1. The average Bonchev–Trinajstić information content (AvgIpc) is 3.47. The Balaban J connectivity index is 1.36. The molecule has 0 saturated carbocycles. The number of nitrogens with one attached hydrogen (secondary N) is 2. The average molecular weight is 450 g/mol. The Morgan fingerprint density at radius 2 is 2.18 bits per heavy atom. The van der Waals surface area contributed by atoms with Gasteiger partial charge in [-0.1, -0.05) is 18.2 Å². The molecule has 7 nitrogen and oxygen atoms in total. The van der Waals surface area contributed by atoms with Gasteiger partial charge < -0.3 is 24.5 Å². The number of imidazole rings is 1. The molecule has 3 aromatic rings. The number of aliphatic imine (C=N–C) groups is 1. The van der Waals surface area contributed by atoms with E-state index < -0.39 is 0 Å². The summed E-state index contributed by atoms with van der Waals surface area (Å²) in [4.78, 5) is 9.56. The fourth-order valence-corrected chi connectivity index (χ4v) is 3.99. The molecule has 0 radical (unpaired) electrons. The molecule has 0 bridgehead atoms. The number of guanidine groups is 1. The molecule has 1 unspecified atom stereocenters. The summed E-state index contributed by atoms with van der Waals surface area (Å²) in [5.74, 6) is 2.19. The number of pyridine rings is 1. The number of ether oxygens (including phenoxy) is 2. The molecule has 2 aromatic heterocycles. The number of aryl methyl sites for hydroxylation is 2. The van der Waals surface area contributed by atoms with Crippen LogP contribution in [-0.2, 0) is 17.7 Å². The largest absolute Gasteiger partial charge is 0.493 e. The van der Waals surface area contributed by atoms with Crippen LogP contribution >= 0.6 is 0 Å². The van der Waals surface area contributed by atoms with Gasteiger partial charge in [-0.25, -0.2) is 9.98 Å². The van der Waals surface area contributed by atoms with Gasteiger partial charge in [0.25, 0.3) is 0 Å². The van der Waals surface area contributed by atoms with Crippen molar-refractivity contribution < 1.29 is 9.47 Å².